The van der Waals surface area contributed by atoms with Crippen molar-refractivity contribution in [2.45, 2.75) is 90.5 Å². The molecule has 0 aliphatic rings. The highest BCUT2D eigenvalue weighted by Gasteiger charge is 2.33. The number of unbranched alkanes of at least 4 members (excludes halogenated alkanes) is 5. The van der Waals surface area contributed by atoms with E-state index in [1.165, 1.54) is 32.8 Å². The molecule has 140 valence electrons. The van der Waals surface area contributed by atoms with Crippen molar-refractivity contribution >= 4 is 15.9 Å². The van der Waals surface area contributed by atoms with Crippen LogP contribution in [0.25, 0.3) is 0 Å². The van der Waals surface area contributed by atoms with Crippen molar-refractivity contribution < 1.29 is 13.5 Å². The summed E-state index contributed by atoms with van der Waals surface area (Å²) in [6.45, 7) is 6.46. The normalized spacial score (nSPS) is 14.2. The van der Waals surface area contributed by atoms with E-state index in [4.69, 9.17) is 4.74 Å². The van der Waals surface area contributed by atoms with Gasteiger partial charge < -0.3 is 4.74 Å². The molecule has 0 aliphatic carbocycles. The predicted octanol–water partition coefficient (Wildman–Crippen LogP) is 6.86. The molecule has 24 heavy (non-hydrogen) atoms. The van der Waals surface area contributed by atoms with Gasteiger partial charge in [0, 0.05) is 0 Å². The van der Waals surface area contributed by atoms with E-state index in [2.05, 4.69) is 41.8 Å². The van der Waals surface area contributed by atoms with Crippen LogP contribution in [-0.4, -0.2) is 16.9 Å². The molecule has 0 N–H and O–H groups in total. The number of ether oxygens (including phenoxy) is 1. The smallest absolute Gasteiger partial charge is 0.285 e. The first-order valence-corrected chi connectivity index (χ1v) is 9.81. The Kier molecular flexibility index (Phi) is 9.24. The van der Waals surface area contributed by atoms with Crippen molar-refractivity contribution in [2.24, 2.45) is 0 Å². The topological polar surface area (TPSA) is 27.1 Å². The summed E-state index contributed by atoms with van der Waals surface area (Å²) in [5.74, 6) is 0.152. The lowest BCUT2D eigenvalue weighted by atomic mass is 9.88. The molecule has 0 amide bonds. The molecule has 1 aromatic heterocycles. The van der Waals surface area contributed by atoms with Crippen molar-refractivity contribution in [3.63, 3.8) is 0 Å². The van der Waals surface area contributed by atoms with Gasteiger partial charge in [0.25, 0.3) is 6.43 Å². The van der Waals surface area contributed by atoms with Crippen LogP contribution < -0.4 is 4.74 Å². The average molecular weight is 409 g/mol. The van der Waals surface area contributed by atoms with Crippen LogP contribution in [0.2, 0.25) is 0 Å². The lowest BCUT2D eigenvalue weighted by Gasteiger charge is -2.31. The molecule has 1 heterocycles. The van der Waals surface area contributed by atoms with E-state index in [9.17, 15) is 8.78 Å². The standard InChI is InChI=1S/C18H31BrF2N2O/c1-5-7-9-10-11-13-18(3,12-8-6-2)23-16(19)15(24-4)14(22-23)17(20)21/h17H,5-13H2,1-4H3. The van der Waals surface area contributed by atoms with Gasteiger partial charge in [0.2, 0.25) is 0 Å². The molecule has 0 spiro atoms. The summed E-state index contributed by atoms with van der Waals surface area (Å²) >= 11 is 3.43. The van der Waals surface area contributed by atoms with E-state index in [-0.39, 0.29) is 17.0 Å². The predicted molar refractivity (Wildman–Crippen MR) is 98.0 cm³/mol. The molecular formula is C18H31BrF2N2O. The molecule has 1 aromatic rings. The van der Waals surface area contributed by atoms with Gasteiger partial charge in [-0.25, -0.2) is 13.5 Å². The van der Waals surface area contributed by atoms with Gasteiger partial charge in [-0.2, -0.15) is 5.10 Å². The highest BCUT2D eigenvalue weighted by atomic mass is 79.9. The van der Waals surface area contributed by atoms with Gasteiger partial charge in [0.15, 0.2) is 11.4 Å². The van der Waals surface area contributed by atoms with E-state index in [0.29, 0.717) is 4.60 Å². The van der Waals surface area contributed by atoms with Crippen LogP contribution in [0.1, 0.15) is 90.7 Å². The van der Waals surface area contributed by atoms with Gasteiger partial charge in [-0.3, -0.25) is 0 Å². The molecule has 1 atom stereocenters. The largest absolute Gasteiger partial charge is 0.492 e. The highest BCUT2D eigenvalue weighted by Crippen LogP contribution is 2.40. The summed E-state index contributed by atoms with van der Waals surface area (Å²) < 4.78 is 33.9. The minimum atomic E-state index is -2.64. The first-order valence-electron chi connectivity index (χ1n) is 9.02. The van der Waals surface area contributed by atoms with Crippen LogP contribution >= 0.6 is 15.9 Å². The summed E-state index contributed by atoms with van der Waals surface area (Å²) in [6, 6.07) is 0. The quantitative estimate of drug-likeness (QED) is 0.353. The van der Waals surface area contributed by atoms with Crippen molar-refractivity contribution in [1.82, 2.24) is 9.78 Å². The van der Waals surface area contributed by atoms with Crippen LogP contribution in [-0.2, 0) is 5.54 Å². The Morgan fingerprint density at radius 1 is 1.08 bits per heavy atom. The number of nitrogens with zero attached hydrogens (tertiary/aromatic N) is 2. The van der Waals surface area contributed by atoms with Crippen LogP contribution in [0.4, 0.5) is 8.78 Å². The number of hydrogen-bond acceptors (Lipinski definition) is 2. The fourth-order valence-corrected chi connectivity index (χ4v) is 3.96. The second-order valence-corrected chi connectivity index (χ2v) is 7.44. The minimum absolute atomic E-state index is 0.152. The van der Waals surface area contributed by atoms with E-state index >= 15 is 0 Å². The molecule has 0 radical (unpaired) electrons. The Bertz CT molecular complexity index is 494. The van der Waals surface area contributed by atoms with E-state index in [1.807, 2.05) is 0 Å². The van der Waals surface area contributed by atoms with Crippen LogP contribution in [0.15, 0.2) is 4.60 Å². The van der Waals surface area contributed by atoms with Gasteiger partial charge in [-0.05, 0) is 35.7 Å². The maximum absolute atomic E-state index is 13.3. The number of methoxy groups -OCH3 is 1. The number of rotatable bonds is 12. The van der Waals surface area contributed by atoms with Gasteiger partial charge in [0.1, 0.15) is 4.60 Å². The Balaban J connectivity index is 3.01. The van der Waals surface area contributed by atoms with Crippen molar-refractivity contribution in [1.29, 1.82) is 0 Å². The fraction of sp³-hybridized carbons (Fsp3) is 0.833. The molecule has 0 aliphatic heterocycles. The Morgan fingerprint density at radius 3 is 2.17 bits per heavy atom. The zero-order chi connectivity index (χ0) is 18.2. The van der Waals surface area contributed by atoms with Crippen molar-refractivity contribution in [3.05, 3.63) is 10.3 Å². The molecule has 0 fully saturated rings. The minimum Gasteiger partial charge on any atom is -0.492 e. The maximum Gasteiger partial charge on any atom is 0.285 e. The molecular weight excluding hydrogens is 378 g/mol. The molecule has 0 saturated heterocycles. The number of alkyl halides is 2. The van der Waals surface area contributed by atoms with Crippen LogP contribution in [0.3, 0.4) is 0 Å². The zero-order valence-corrected chi connectivity index (χ0v) is 17.0. The number of aromatic nitrogens is 2. The summed E-state index contributed by atoms with van der Waals surface area (Å²) in [6.07, 6.45) is 7.28. The van der Waals surface area contributed by atoms with Gasteiger partial charge in [0.05, 0.1) is 12.6 Å². The lowest BCUT2D eigenvalue weighted by Crippen LogP contribution is -2.31. The first-order chi connectivity index (χ1) is 11.4. The van der Waals surface area contributed by atoms with Crippen LogP contribution in [0, 0.1) is 0 Å². The number of halogens is 3. The molecule has 0 aromatic carbocycles. The highest BCUT2D eigenvalue weighted by molar-refractivity contribution is 9.10. The van der Waals surface area contributed by atoms with E-state index in [0.717, 1.165) is 32.1 Å². The molecule has 0 bridgehead atoms. The SMILES string of the molecule is CCCCCCCC(C)(CCCC)n1nc(C(F)F)c(OC)c1Br. The fourth-order valence-electron chi connectivity index (χ4n) is 3.09. The third-order valence-electron chi connectivity index (χ3n) is 4.62. The van der Waals surface area contributed by atoms with Gasteiger partial charge in [-0.15, -0.1) is 0 Å². The van der Waals surface area contributed by atoms with E-state index < -0.39 is 6.43 Å². The molecule has 3 nitrogen and oxygen atoms in total. The second kappa shape index (κ2) is 10.4. The first kappa shape index (κ1) is 21.4. The number of hydrogen-bond donors (Lipinski definition) is 0. The lowest BCUT2D eigenvalue weighted by molar-refractivity contribution is 0.138. The van der Waals surface area contributed by atoms with Crippen LogP contribution in [0.5, 0.6) is 5.75 Å². The summed E-state index contributed by atoms with van der Waals surface area (Å²) in [5.41, 5.74) is -0.556. The van der Waals surface area contributed by atoms with Crippen molar-refractivity contribution in [2.75, 3.05) is 7.11 Å². The Hall–Kier alpha value is -0.650. The summed E-state index contributed by atoms with van der Waals surface area (Å²) in [4.78, 5) is 0. The second-order valence-electron chi connectivity index (χ2n) is 6.69. The van der Waals surface area contributed by atoms with Crippen molar-refractivity contribution in [3.8, 4) is 5.75 Å². The molecule has 6 heteroatoms. The zero-order valence-electron chi connectivity index (χ0n) is 15.4. The van der Waals surface area contributed by atoms with Gasteiger partial charge in [-0.1, -0.05) is 58.8 Å². The average Bonchev–Trinajstić information content (AvgIpc) is 2.90. The molecule has 1 unspecified atom stereocenters. The summed E-state index contributed by atoms with van der Waals surface area (Å²) in [7, 11) is 1.41. The van der Waals surface area contributed by atoms with Gasteiger partial charge >= 0.3 is 0 Å². The third kappa shape index (κ3) is 5.43. The maximum atomic E-state index is 13.3. The Labute approximate surface area is 153 Å². The Morgan fingerprint density at radius 2 is 1.67 bits per heavy atom. The molecule has 1 rings (SSSR count). The van der Waals surface area contributed by atoms with E-state index in [1.54, 1.807) is 4.68 Å². The monoisotopic (exact) mass is 408 g/mol. The summed E-state index contributed by atoms with van der Waals surface area (Å²) in [5, 5.41) is 4.21. The molecule has 0 saturated carbocycles. The third-order valence-corrected chi connectivity index (χ3v) is 5.32.